The molecular weight excluding hydrogens is 494 g/mol. The zero-order chi connectivity index (χ0) is 26.0. The summed E-state index contributed by atoms with van der Waals surface area (Å²) in [6.07, 6.45) is 3.58. The second kappa shape index (κ2) is 9.00. The van der Waals surface area contributed by atoms with Gasteiger partial charge in [0.1, 0.15) is 0 Å². The minimum atomic E-state index is -3.76. The van der Waals surface area contributed by atoms with E-state index >= 15 is 0 Å². The van der Waals surface area contributed by atoms with Gasteiger partial charge in [-0.3, -0.25) is 0 Å². The Balaban J connectivity index is 1.13. The molecule has 198 valence electrons. The van der Waals surface area contributed by atoms with Crippen LogP contribution in [0.2, 0.25) is 0 Å². The van der Waals surface area contributed by atoms with E-state index in [4.69, 9.17) is 0 Å². The number of piperidine rings is 1. The number of sulfonamides is 1. The highest BCUT2D eigenvalue weighted by molar-refractivity contribution is 7.89. The number of fused-ring (bicyclic) bond motifs is 8. The molecule has 0 amide bonds. The van der Waals surface area contributed by atoms with Crippen LogP contribution in [0.25, 0.3) is 0 Å². The molecule has 0 saturated carbocycles. The Morgan fingerprint density at radius 3 is 2.13 bits per heavy atom. The lowest BCUT2D eigenvalue weighted by Crippen LogP contribution is -2.48. The first-order valence-electron chi connectivity index (χ1n) is 13.9. The molecule has 3 aromatic rings. The molecule has 2 aliphatic carbocycles. The topological polar surface area (TPSA) is 81.7 Å². The van der Waals surface area contributed by atoms with Gasteiger partial charge in [-0.15, -0.1) is 0 Å². The van der Waals surface area contributed by atoms with E-state index in [1.807, 2.05) is 6.07 Å². The van der Waals surface area contributed by atoms with Crippen LogP contribution in [-0.2, 0) is 21.0 Å². The first kappa shape index (κ1) is 24.5. The molecule has 1 unspecified atom stereocenters. The quantitative estimate of drug-likeness (QED) is 0.453. The predicted molar refractivity (Wildman–Crippen MR) is 147 cm³/mol. The lowest BCUT2D eigenvalue weighted by molar-refractivity contribution is -0.0310. The van der Waals surface area contributed by atoms with Gasteiger partial charge in [0.05, 0.1) is 16.7 Å². The van der Waals surface area contributed by atoms with Crippen LogP contribution >= 0.6 is 0 Å². The van der Waals surface area contributed by atoms with Gasteiger partial charge < -0.3 is 15.3 Å². The molecular formula is C31H35N3O3S. The first-order chi connectivity index (χ1) is 18.4. The summed E-state index contributed by atoms with van der Waals surface area (Å²) in [5, 5.41) is 15.0. The summed E-state index contributed by atoms with van der Waals surface area (Å²) in [6.45, 7) is 3.17. The number of hydrogen-bond donors (Lipinski definition) is 3. The molecule has 2 bridgehead atoms. The molecule has 4 aliphatic rings. The number of aliphatic hydroxyl groups is 1. The molecule has 3 N–H and O–H groups in total. The molecule has 6 nitrogen and oxygen atoms in total. The summed E-state index contributed by atoms with van der Waals surface area (Å²) in [7, 11) is -3.76. The van der Waals surface area contributed by atoms with Crippen molar-refractivity contribution < 1.29 is 13.5 Å². The maximum Gasteiger partial charge on any atom is 0.242 e. The fourth-order valence-electron chi connectivity index (χ4n) is 7.66. The van der Waals surface area contributed by atoms with Crippen LogP contribution in [0.3, 0.4) is 0 Å². The number of likely N-dealkylation sites (tertiary alicyclic amines) is 1. The fraction of sp³-hybridized carbons (Fsp3) is 0.419. The largest absolute Gasteiger partial charge is 0.385 e. The summed E-state index contributed by atoms with van der Waals surface area (Å²) in [5.41, 5.74) is 5.14. The van der Waals surface area contributed by atoms with Gasteiger partial charge in [-0.05, 0) is 67.0 Å². The van der Waals surface area contributed by atoms with E-state index in [0.29, 0.717) is 24.3 Å². The van der Waals surface area contributed by atoms with E-state index < -0.39 is 15.6 Å². The number of nitrogens with zero attached hydrogens (tertiary/aromatic N) is 1. The Morgan fingerprint density at radius 2 is 1.50 bits per heavy atom. The van der Waals surface area contributed by atoms with Crippen molar-refractivity contribution in [1.29, 1.82) is 0 Å². The fourth-order valence-corrected chi connectivity index (χ4v) is 9.17. The van der Waals surface area contributed by atoms with Crippen LogP contribution in [0.1, 0.15) is 65.8 Å². The summed E-state index contributed by atoms with van der Waals surface area (Å²) in [6, 6.07) is 24.8. The van der Waals surface area contributed by atoms with Crippen molar-refractivity contribution in [3.05, 3.63) is 101 Å². The highest BCUT2D eigenvalue weighted by atomic mass is 32.2. The van der Waals surface area contributed by atoms with Crippen LogP contribution in [-0.4, -0.2) is 50.8 Å². The monoisotopic (exact) mass is 529 g/mol. The maximum atomic E-state index is 13.3. The van der Waals surface area contributed by atoms with Crippen molar-refractivity contribution in [2.75, 3.05) is 26.2 Å². The summed E-state index contributed by atoms with van der Waals surface area (Å²) >= 11 is 0. The summed E-state index contributed by atoms with van der Waals surface area (Å²) in [5.74, 6) is 0.461. The number of hydrogen-bond acceptors (Lipinski definition) is 5. The van der Waals surface area contributed by atoms with Crippen molar-refractivity contribution in [3.63, 3.8) is 0 Å². The van der Waals surface area contributed by atoms with Gasteiger partial charge in [-0.25, -0.2) is 8.42 Å². The van der Waals surface area contributed by atoms with Crippen molar-refractivity contribution in [2.24, 2.45) is 0 Å². The predicted octanol–water partition coefficient (Wildman–Crippen LogP) is 3.79. The first-order valence-corrected chi connectivity index (χ1v) is 15.4. The molecule has 7 heteroatoms. The molecule has 38 heavy (non-hydrogen) atoms. The van der Waals surface area contributed by atoms with Crippen molar-refractivity contribution in [1.82, 2.24) is 14.9 Å². The SMILES string of the molecule is O=S(=O)(NC1CCCN1)c1ccccc1C1(O)CCN(CC23CC(c4ccccc42)c2ccccc23)CC1. The van der Waals surface area contributed by atoms with E-state index in [9.17, 15) is 13.5 Å². The van der Waals surface area contributed by atoms with Crippen LogP contribution in [0, 0.1) is 0 Å². The van der Waals surface area contributed by atoms with E-state index in [2.05, 4.69) is 63.5 Å². The molecule has 1 atom stereocenters. The molecule has 0 aromatic heterocycles. The molecule has 2 heterocycles. The van der Waals surface area contributed by atoms with E-state index in [1.165, 1.54) is 22.3 Å². The summed E-state index contributed by atoms with van der Waals surface area (Å²) < 4.78 is 29.5. The second-order valence-electron chi connectivity index (χ2n) is 11.6. The summed E-state index contributed by atoms with van der Waals surface area (Å²) in [4.78, 5) is 2.67. The lowest BCUT2D eigenvalue weighted by atomic mass is 9.74. The third kappa shape index (κ3) is 3.79. The minimum Gasteiger partial charge on any atom is -0.385 e. The lowest BCUT2D eigenvalue weighted by Gasteiger charge is -2.43. The van der Waals surface area contributed by atoms with Crippen LogP contribution < -0.4 is 10.0 Å². The van der Waals surface area contributed by atoms with Crippen LogP contribution in [0.4, 0.5) is 0 Å². The molecule has 0 spiro atoms. The van der Waals surface area contributed by atoms with Crippen molar-refractivity contribution >= 4 is 10.0 Å². The maximum absolute atomic E-state index is 13.3. The van der Waals surface area contributed by atoms with Gasteiger partial charge in [-0.2, -0.15) is 4.72 Å². The van der Waals surface area contributed by atoms with Gasteiger partial charge in [0.15, 0.2) is 0 Å². The number of nitrogens with one attached hydrogen (secondary N) is 2. The van der Waals surface area contributed by atoms with Crippen molar-refractivity contribution in [2.45, 2.75) is 60.1 Å². The Labute approximate surface area is 225 Å². The van der Waals surface area contributed by atoms with Gasteiger partial charge in [0.2, 0.25) is 10.0 Å². The zero-order valence-corrected chi connectivity index (χ0v) is 22.4. The third-order valence-electron chi connectivity index (χ3n) is 9.47. The number of rotatable bonds is 6. The average molecular weight is 530 g/mol. The number of benzene rings is 3. The molecule has 2 fully saturated rings. The Kier molecular flexibility index (Phi) is 5.80. The second-order valence-corrected chi connectivity index (χ2v) is 13.3. The molecule has 0 radical (unpaired) electrons. The van der Waals surface area contributed by atoms with Gasteiger partial charge in [-0.1, -0.05) is 66.7 Å². The molecule has 7 rings (SSSR count). The normalized spacial score (nSPS) is 27.8. The minimum absolute atomic E-state index is 0.0211. The molecule has 3 aromatic carbocycles. The van der Waals surface area contributed by atoms with Crippen LogP contribution in [0.15, 0.2) is 77.7 Å². The Morgan fingerprint density at radius 1 is 0.895 bits per heavy atom. The van der Waals surface area contributed by atoms with E-state index in [1.54, 1.807) is 18.2 Å². The van der Waals surface area contributed by atoms with Crippen LogP contribution in [0.5, 0.6) is 0 Å². The van der Waals surface area contributed by atoms with Gasteiger partial charge in [0, 0.05) is 36.5 Å². The van der Waals surface area contributed by atoms with Gasteiger partial charge in [0.25, 0.3) is 0 Å². The van der Waals surface area contributed by atoms with E-state index in [-0.39, 0.29) is 16.5 Å². The van der Waals surface area contributed by atoms with Crippen molar-refractivity contribution in [3.8, 4) is 0 Å². The Bertz CT molecular complexity index is 1430. The van der Waals surface area contributed by atoms with Gasteiger partial charge >= 0.3 is 0 Å². The third-order valence-corrected chi connectivity index (χ3v) is 11.0. The molecule has 2 aliphatic heterocycles. The highest BCUT2D eigenvalue weighted by Crippen LogP contribution is 2.60. The molecule has 2 saturated heterocycles. The highest BCUT2D eigenvalue weighted by Gasteiger charge is 2.53. The average Bonchev–Trinajstić information content (AvgIpc) is 3.65. The zero-order valence-electron chi connectivity index (χ0n) is 21.6. The standard InChI is InChI=1S/C31H35N3O3S/c35-31(27-12-5-6-13-28(27)38(36,37)33-29-14-7-17-32-29)15-18-34(19-16-31)21-30-20-24(22-8-1-3-10-25(22)30)23-9-2-4-11-26(23)30/h1-6,8-13,24,29,32-33,35H,7,14-21H2. The van der Waals surface area contributed by atoms with E-state index in [0.717, 1.165) is 45.4 Å². The Hall–Kier alpha value is -2.55. The smallest absolute Gasteiger partial charge is 0.242 e.